The van der Waals surface area contributed by atoms with Crippen LogP contribution < -0.4 is 4.90 Å². The molecule has 3 aromatic rings. The minimum Gasteiger partial charge on any atom is -0.302 e. The van der Waals surface area contributed by atoms with Gasteiger partial charge in [-0.05, 0) is 48.7 Å². The minimum absolute atomic E-state index is 0.0897. The molecule has 0 N–H and O–H groups in total. The summed E-state index contributed by atoms with van der Waals surface area (Å²) < 4.78 is 0. The molecule has 1 amide bonds. The van der Waals surface area contributed by atoms with Crippen molar-refractivity contribution in [1.29, 1.82) is 0 Å². The number of carbonyl (C=O) groups excluding carboxylic acids is 1. The standard InChI is InChI=1S/C21H20N2O/c1-16-9-3-5-11-18(16)15-23(20-13-6-4-10-17(20)2)21(24)19-12-7-8-14-22-19/h3-14H,15H2,1-2H3. The molecule has 0 radical (unpaired) electrons. The smallest absolute Gasteiger partial charge is 0.277 e. The van der Waals surface area contributed by atoms with E-state index in [1.807, 2.05) is 55.5 Å². The molecular weight excluding hydrogens is 296 g/mol. The Morgan fingerprint density at radius 3 is 2.21 bits per heavy atom. The summed E-state index contributed by atoms with van der Waals surface area (Å²) in [5, 5.41) is 0. The Morgan fingerprint density at radius 2 is 1.54 bits per heavy atom. The van der Waals surface area contributed by atoms with Crippen LogP contribution >= 0.6 is 0 Å². The first kappa shape index (κ1) is 15.9. The number of anilines is 1. The van der Waals surface area contributed by atoms with Crippen LogP contribution in [-0.2, 0) is 6.54 Å². The number of pyridine rings is 1. The summed E-state index contributed by atoms with van der Waals surface area (Å²) in [6.07, 6.45) is 1.65. The average molecular weight is 316 g/mol. The van der Waals surface area contributed by atoms with E-state index in [4.69, 9.17) is 0 Å². The summed E-state index contributed by atoms with van der Waals surface area (Å²) in [4.78, 5) is 19.1. The second kappa shape index (κ2) is 7.09. The van der Waals surface area contributed by atoms with Crippen LogP contribution in [0.15, 0.2) is 72.9 Å². The molecule has 3 heteroatoms. The zero-order chi connectivity index (χ0) is 16.9. The highest BCUT2D eigenvalue weighted by molar-refractivity contribution is 6.05. The van der Waals surface area contributed by atoms with E-state index in [-0.39, 0.29) is 5.91 Å². The molecule has 0 saturated heterocycles. The number of benzene rings is 2. The van der Waals surface area contributed by atoms with Gasteiger partial charge < -0.3 is 4.90 Å². The molecule has 1 heterocycles. The molecule has 3 nitrogen and oxygen atoms in total. The van der Waals surface area contributed by atoms with Gasteiger partial charge in [0.2, 0.25) is 0 Å². The van der Waals surface area contributed by atoms with Gasteiger partial charge in [0.15, 0.2) is 0 Å². The number of aryl methyl sites for hydroxylation is 2. The summed E-state index contributed by atoms with van der Waals surface area (Å²) >= 11 is 0. The first-order valence-electron chi connectivity index (χ1n) is 8.00. The molecule has 3 rings (SSSR count). The van der Waals surface area contributed by atoms with Crippen molar-refractivity contribution >= 4 is 11.6 Å². The molecule has 0 saturated carbocycles. The van der Waals surface area contributed by atoms with Crippen molar-refractivity contribution in [3.05, 3.63) is 95.3 Å². The first-order chi connectivity index (χ1) is 11.7. The molecule has 0 atom stereocenters. The van der Waals surface area contributed by atoms with Gasteiger partial charge in [-0.25, -0.2) is 0 Å². The quantitative estimate of drug-likeness (QED) is 0.707. The monoisotopic (exact) mass is 316 g/mol. The fourth-order valence-corrected chi connectivity index (χ4v) is 2.72. The Kier molecular flexibility index (Phi) is 4.71. The van der Waals surface area contributed by atoms with Crippen LogP contribution in [0.5, 0.6) is 0 Å². The van der Waals surface area contributed by atoms with Crippen LogP contribution in [0.25, 0.3) is 0 Å². The fraction of sp³-hybridized carbons (Fsp3) is 0.143. The molecule has 0 fully saturated rings. The highest BCUT2D eigenvalue weighted by Crippen LogP contribution is 2.24. The van der Waals surface area contributed by atoms with E-state index >= 15 is 0 Å². The SMILES string of the molecule is Cc1ccccc1CN(C(=O)c1ccccn1)c1ccccc1C. The number of hydrogen-bond acceptors (Lipinski definition) is 2. The molecule has 0 aliphatic carbocycles. The maximum absolute atomic E-state index is 13.1. The zero-order valence-corrected chi connectivity index (χ0v) is 13.9. The molecular formula is C21H20N2O. The van der Waals surface area contributed by atoms with Crippen LogP contribution in [0.1, 0.15) is 27.2 Å². The fourth-order valence-electron chi connectivity index (χ4n) is 2.72. The third-order valence-corrected chi connectivity index (χ3v) is 4.13. The number of para-hydroxylation sites is 1. The van der Waals surface area contributed by atoms with Gasteiger partial charge in [-0.15, -0.1) is 0 Å². The maximum atomic E-state index is 13.1. The molecule has 0 unspecified atom stereocenters. The van der Waals surface area contributed by atoms with E-state index in [1.165, 1.54) is 5.56 Å². The summed E-state index contributed by atoms with van der Waals surface area (Å²) in [7, 11) is 0. The van der Waals surface area contributed by atoms with E-state index in [2.05, 4.69) is 24.0 Å². The van der Waals surface area contributed by atoms with Gasteiger partial charge in [-0.2, -0.15) is 0 Å². The van der Waals surface area contributed by atoms with Gasteiger partial charge in [0.1, 0.15) is 5.69 Å². The highest BCUT2D eigenvalue weighted by Gasteiger charge is 2.21. The summed E-state index contributed by atoms with van der Waals surface area (Å²) in [6, 6.07) is 21.5. The van der Waals surface area contributed by atoms with Gasteiger partial charge in [0.25, 0.3) is 5.91 Å². The number of amides is 1. The number of carbonyl (C=O) groups is 1. The Bertz CT molecular complexity index is 843. The van der Waals surface area contributed by atoms with E-state index in [0.29, 0.717) is 12.2 Å². The van der Waals surface area contributed by atoms with Crippen LogP contribution in [0.4, 0.5) is 5.69 Å². The summed E-state index contributed by atoms with van der Waals surface area (Å²) in [6.45, 7) is 4.61. The molecule has 120 valence electrons. The Hall–Kier alpha value is -2.94. The van der Waals surface area contributed by atoms with Gasteiger partial charge in [0.05, 0.1) is 6.54 Å². The molecule has 24 heavy (non-hydrogen) atoms. The molecule has 0 aliphatic rings. The van der Waals surface area contributed by atoms with Crippen LogP contribution in [0, 0.1) is 13.8 Å². The van der Waals surface area contributed by atoms with Gasteiger partial charge in [0, 0.05) is 11.9 Å². The Labute approximate surface area is 142 Å². The van der Waals surface area contributed by atoms with E-state index in [0.717, 1.165) is 16.8 Å². The first-order valence-corrected chi connectivity index (χ1v) is 8.00. The molecule has 1 aromatic heterocycles. The molecule has 0 aliphatic heterocycles. The second-order valence-corrected chi connectivity index (χ2v) is 5.82. The lowest BCUT2D eigenvalue weighted by atomic mass is 10.1. The number of rotatable bonds is 4. The molecule has 0 bridgehead atoms. The lowest BCUT2D eigenvalue weighted by Crippen LogP contribution is -2.31. The number of hydrogen-bond donors (Lipinski definition) is 0. The van der Waals surface area contributed by atoms with Crippen molar-refractivity contribution in [1.82, 2.24) is 4.98 Å². The third kappa shape index (κ3) is 3.35. The number of aromatic nitrogens is 1. The lowest BCUT2D eigenvalue weighted by molar-refractivity contribution is 0.0980. The zero-order valence-electron chi connectivity index (χ0n) is 13.9. The van der Waals surface area contributed by atoms with Gasteiger partial charge in [-0.1, -0.05) is 48.5 Å². The second-order valence-electron chi connectivity index (χ2n) is 5.82. The van der Waals surface area contributed by atoms with Gasteiger partial charge in [-0.3, -0.25) is 9.78 Å². The largest absolute Gasteiger partial charge is 0.302 e. The van der Waals surface area contributed by atoms with Crippen molar-refractivity contribution in [3.8, 4) is 0 Å². The predicted molar refractivity (Wildman–Crippen MR) is 97.1 cm³/mol. The Balaban J connectivity index is 2.03. The maximum Gasteiger partial charge on any atom is 0.277 e. The minimum atomic E-state index is -0.0897. The lowest BCUT2D eigenvalue weighted by Gasteiger charge is -2.25. The predicted octanol–water partition coefficient (Wildman–Crippen LogP) is 4.55. The van der Waals surface area contributed by atoms with E-state index in [1.54, 1.807) is 17.2 Å². The third-order valence-electron chi connectivity index (χ3n) is 4.13. The number of nitrogens with zero attached hydrogens (tertiary/aromatic N) is 2. The van der Waals surface area contributed by atoms with Crippen molar-refractivity contribution in [2.45, 2.75) is 20.4 Å². The van der Waals surface area contributed by atoms with Crippen LogP contribution in [0.3, 0.4) is 0 Å². The van der Waals surface area contributed by atoms with Crippen molar-refractivity contribution in [2.75, 3.05) is 4.90 Å². The van der Waals surface area contributed by atoms with Crippen LogP contribution in [-0.4, -0.2) is 10.9 Å². The summed E-state index contributed by atoms with van der Waals surface area (Å²) in [5.74, 6) is -0.0897. The topological polar surface area (TPSA) is 33.2 Å². The van der Waals surface area contributed by atoms with E-state index in [9.17, 15) is 4.79 Å². The van der Waals surface area contributed by atoms with Crippen molar-refractivity contribution < 1.29 is 4.79 Å². The van der Waals surface area contributed by atoms with Crippen molar-refractivity contribution in [2.24, 2.45) is 0 Å². The highest BCUT2D eigenvalue weighted by atomic mass is 16.2. The van der Waals surface area contributed by atoms with Crippen molar-refractivity contribution in [3.63, 3.8) is 0 Å². The Morgan fingerprint density at radius 1 is 0.875 bits per heavy atom. The van der Waals surface area contributed by atoms with Crippen LogP contribution in [0.2, 0.25) is 0 Å². The van der Waals surface area contributed by atoms with Gasteiger partial charge >= 0.3 is 0 Å². The molecule has 2 aromatic carbocycles. The molecule has 0 spiro atoms. The average Bonchev–Trinajstić information content (AvgIpc) is 2.62. The van der Waals surface area contributed by atoms with E-state index < -0.39 is 0 Å². The normalized spacial score (nSPS) is 10.4. The summed E-state index contributed by atoms with van der Waals surface area (Å²) in [5.41, 5.74) is 4.73.